The first kappa shape index (κ1) is 17.2. The summed E-state index contributed by atoms with van der Waals surface area (Å²) in [4.78, 5) is 23.7. The van der Waals surface area contributed by atoms with E-state index in [1.165, 1.54) is 12.8 Å². The molecular formula is C21H23NO3. The fourth-order valence-corrected chi connectivity index (χ4v) is 2.82. The average molecular weight is 337 g/mol. The standard InChI is InChI=1S/C21H23NO3/c1-15(17-11-12-17)22-20(23)14-25-21(24)13-16-7-9-19(10-8-16)18-5-3-2-4-6-18/h2-10,15,17H,11-14H2,1H3,(H,22,23)/t15-/m0/s1. The highest BCUT2D eigenvalue weighted by Crippen LogP contribution is 2.32. The molecule has 1 saturated carbocycles. The van der Waals surface area contributed by atoms with Crippen molar-refractivity contribution in [1.29, 1.82) is 0 Å². The maximum Gasteiger partial charge on any atom is 0.310 e. The van der Waals surface area contributed by atoms with Crippen LogP contribution in [0, 0.1) is 5.92 Å². The van der Waals surface area contributed by atoms with Gasteiger partial charge in [0.25, 0.3) is 5.91 Å². The molecule has 0 aliphatic heterocycles. The number of rotatable bonds is 7. The molecule has 1 fully saturated rings. The Kier molecular flexibility index (Phi) is 5.49. The smallest absolute Gasteiger partial charge is 0.310 e. The molecule has 2 aromatic rings. The van der Waals surface area contributed by atoms with Gasteiger partial charge >= 0.3 is 5.97 Å². The largest absolute Gasteiger partial charge is 0.455 e. The number of carbonyl (C=O) groups excluding carboxylic acids is 2. The summed E-state index contributed by atoms with van der Waals surface area (Å²) >= 11 is 0. The Labute approximate surface area is 148 Å². The van der Waals surface area contributed by atoms with Crippen LogP contribution in [0.25, 0.3) is 11.1 Å². The predicted octanol–water partition coefficient (Wildman–Crippen LogP) is 3.35. The summed E-state index contributed by atoms with van der Waals surface area (Å²) in [6, 6.07) is 18.0. The van der Waals surface area contributed by atoms with E-state index < -0.39 is 0 Å². The Bertz CT molecular complexity index is 721. The fraction of sp³-hybridized carbons (Fsp3) is 0.333. The zero-order chi connectivity index (χ0) is 17.6. The van der Waals surface area contributed by atoms with E-state index >= 15 is 0 Å². The van der Waals surface area contributed by atoms with Crippen LogP contribution in [-0.4, -0.2) is 24.5 Å². The summed E-state index contributed by atoms with van der Waals surface area (Å²) in [6.07, 6.45) is 2.50. The van der Waals surface area contributed by atoms with E-state index in [0.29, 0.717) is 5.92 Å². The lowest BCUT2D eigenvalue weighted by atomic mass is 10.0. The van der Waals surface area contributed by atoms with Crippen LogP contribution < -0.4 is 5.32 Å². The quantitative estimate of drug-likeness (QED) is 0.788. The minimum absolute atomic E-state index is 0.164. The van der Waals surface area contributed by atoms with Crippen molar-refractivity contribution in [3.8, 4) is 11.1 Å². The highest BCUT2D eigenvalue weighted by Gasteiger charge is 2.28. The third-order valence-electron chi connectivity index (χ3n) is 4.49. The molecule has 4 nitrogen and oxygen atoms in total. The fourth-order valence-electron chi connectivity index (χ4n) is 2.82. The number of esters is 1. The van der Waals surface area contributed by atoms with Crippen LogP contribution in [0.1, 0.15) is 25.3 Å². The molecule has 2 aromatic carbocycles. The van der Waals surface area contributed by atoms with Crippen molar-refractivity contribution in [3.05, 3.63) is 60.2 Å². The van der Waals surface area contributed by atoms with Gasteiger partial charge in [0.05, 0.1) is 6.42 Å². The molecule has 1 N–H and O–H groups in total. The molecule has 1 aliphatic carbocycles. The van der Waals surface area contributed by atoms with Crippen LogP contribution in [0.3, 0.4) is 0 Å². The van der Waals surface area contributed by atoms with Gasteiger partial charge in [0.1, 0.15) is 0 Å². The summed E-state index contributed by atoms with van der Waals surface area (Å²) < 4.78 is 5.07. The molecule has 0 heterocycles. The van der Waals surface area contributed by atoms with Crippen LogP contribution in [-0.2, 0) is 20.7 Å². The van der Waals surface area contributed by atoms with Gasteiger partial charge in [0, 0.05) is 6.04 Å². The van der Waals surface area contributed by atoms with E-state index in [1.54, 1.807) is 0 Å². The molecule has 0 spiro atoms. The molecular weight excluding hydrogens is 314 g/mol. The summed E-state index contributed by atoms with van der Waals surface area (Å²) in [5, 5.41) is 2.87. The highest BCUT2D eigenvalue weighted by atomic mass is 16.5. The van der Waals surface area contributed by atoms with Gasteiger partial charge in [0.2, 0.25) is 0 Å². The van der Waals surface area contributed by atoms with Gasteiger partial charge in [-0.05, 0) is 42.4 Å². The molecule has 130 valence electrons. The van der Waals surface area contributed by atoms with Crippen LogP contribution in [0.2, 0.25) is 0 Å². The second-order valence-electron chi connectivity index (χ2n) is 6.59. The SMILES string of the molecule is C[C@H](NC(=O)COC(=O)Cc1ccc(-c2ccccc2)cc1)C1CC1. The second kappa shape index (κ2) is 7.97. The van der Waals surface area contributed by atoms with Crippen LogP contribution in [0.5, 0.6) is 0 Å². The first-order valence-electron chi connectivity index (χ1n) is 8.71. The number of carbonyl (C=O) groups is 2. The van der Waals surface area contributed by atoms with Crippen molar-refractivity contribution in [3.63, 3.8) is 0 Å². The van der Waals surface area contributed by atoms with Gasteiger partial charge in [-0.1, -0.05) is 54.6 Å². The van der Waals surface area contributed by atoms with E-state index in [9.17, 15) is 9.59 Å². The van der Waals surface area contributed by atoms with E-state index in [0.717, 1.165) is 16.7 Å². The van der Waals surface area contributed by atoms with Crippen LogP contribution >= 0.6 is 0 Å². The average Bonchev–Trinajstić information content (AvgIpc) is 3.47. The van der Waals surface area contributed by atoms with E-state index in [2.05, 4.69) is 5.32 Å². The lowest BCUT2D eigenvalue weighted by Crippen LogP contribution is -2.37. The lowest BCUT2D eigenvalue weighted by molar-refractivity contribution is -0.148. The van der Waals surface area contributed by atoms with Gasteiger partial charge in [-0.15, -0.1) is 0 Å². The summed E-state index contributed by atoms with van der Waals surface area (Å²) in [5.74, 6) is -0.0309. The number of nitrogens with one attached hydrogen (secondary N) is 1. The van der Waals surface area contributed by atoms with E-state index in [-0.39, 0.29) is 30.9 Å². The summed E-state index contributed by atoms with van der Waals surface area (Å²) in [5.41, 5.74) is 3.11. The zero-order valence-corrected chi connectivity index (χ0v) is 14.4. The highest BCUT2D eigenvalue weighted by molar-refractivity contribution is 5.81. The third kappa shape index (κ3) is 5.18. The zero-order valence-electron chi connectivity index (χ0n) is 14.4. The number of hydrogen-bond donors (Lipinski definition) is 1. The first-order chi connectivity index (χ1) is 12.1. The molecule has 25 heavy (non-hydrogen) atoms. The van der Waals surface area contributed by atoms with Gasteiger partial charge in [0.15, 0.2) is 6.61 Å². The van der Waals surface area contributed by atoms with Gasteiger partial charge < -0.3 is 10.1 Å². The van der Waals surface area contributed by atoms with E-state index in [1.807, 2.05) is 61.5 Å². The Hall–Kier alpha value is -2.62. The topological polar surface area (TPSA) is 55.4 Å². The monoisotopic (exact) mass is 337 g/mol. The number of ether oxygens (including phenoxy) is 1. The van der Waals surface area contributed by atoms with Gasteiger partial charge in [-0.25, -0.2) is 0 Å². The molecule has 1 atom stereocenters. The number of benzene rings is 2. The number of hydrogen-bond acceptors (Lipinski definition) is 3. The normalized spacial score (nSPS) is 14.6. The van der Waals surface area contributed by atoms with Crippen LogP contribution in [0.4, 0.5) is 0 Å². The molecule has 0 radical (unpaired) electrons. The molecule has 0 saturated heterocycles. The van der Waals surface area contributed by atoms with Crippen LogP contribution in [0.15, 0.2) is 54.6 Å². The minimum atomic E-state index is -0.387. The van der Waals surface area contributed by atoms with Crippen molar-refractivity contribution >= 4 is 11.9 Å². The lowest BCUT2D eigenvalue weighted by Gasteiger charge is -2.12. The van der Waals surface area contributed by atoms with Gasteiger partial charge in [-0.3, -0.25) is 9.59 Å². The Balaban J connectivity index is 1.45. The third-order valence-corrected chi connectivity index (χ3v) is 4.49. The molecule has 3 rings (SSSR count). The molecule has 1 amide bonds. The van der Waals surface area contributed by atoms with Gasteiger partial charge in [-0.2, -0.15) is 0 Å². The summed E-state index contributed by atoms with van der Waals surface area (Å²) in [7, 11) is 0. The Morgan fingerprint density at radius 2 is 1.68 bits per heavy atom. The molecule has 1 aliphatic rings. The number of amides is 1. The molecule has 0 bridgehead atoms. The molecule has 0 aromatic heterocycles. The Morgan fingerprint density at radius 3 is 2.32 bits per heavy atom. The molecule has 4 heteroatoms. The second-order valence-corrected chi connectivity index (χ2v) is 6.59. The van der Waals surface area contributed by atoms with Crippen molar-refractivity contribution < 1.29 is 14.3 Å². The maximum atomic E-state index is 11.9. The Morgan fingerprint density at radius 1 is 1.04 bits per heavy atom. The van der Waals surface area contributed by atoms with Crippen molar-refractivity contribution in [2.24, 2.45) is 5.92 Å². The van der Waals surface area contributed by atoms with Crippen molar-refractivity contribution in [2.75, 3.05) is 6.61 Å². The van der Waals surface area contributed by atoms with Crippen molar-refractivity contribution in [2.45, 2.75) is 32.2 Å². The minimum Gasteiger partial charge on any atom is -0.455 e. The van der Waals surface area contributed by atoms with Crippen molar-refractivity contribution in [1.82, 2.24) is 5.32 Å². The first-order valence-corrected chi connectivity index (χ1v) is 8.71. The van der Waals surface area contributed by atoms with E-state index in [4.69, 9.17) is 4.74 Å². The predicted molar refractivity (Wildman–Crippen MR) is 96.9 cm³/mol. The summed E-state index contributed by atoms with van der Waals surface area (Å²) in [6.45, 7) is 1.78. The maximum absolute atomic E-state index is 11.9. The molecule has 0 unspecified atom stereocenters.